The number of furan rings is 1. The molecule has 23 heavy (non-hydrogen) atoms. The van der Waals surface area contributed by atoms with Crippen LogP contribution in [0.25, 0.3) is 0 Å². The number of rotatable bonds is 7. The van der Waals surface area contributed by atoms with Gasteiger partial charge in [0.05, 0.1) is 6.26 Å². The molecule has 2 aromatic carbocycles. The first kappa shape index (κ1) is 15.7. The zero-order valence-corrected chi connectivity index (χ0v) is 13.5. The van der Waals surface area contributed by atoms with Crippen LogP contribution in [0.15, 0.2) is 71.3 Å². The number of benzene rings is 2. The fraction of sp³-hybridized carbons (Fsp3) is 0.158. The maximum Gasteiger partial charge on any atom is 0.157 e. The highest BCUT2D eigenvalue weighted by Crippen LogP contribution is 2.16. The van der Waals surface area contributed by atoms with Crippen molar-refractivity contribution in [3.8, 4) is 5.75 Å². The summed E-state index contributed by atoms with van der Waals surface area (Å²) in [6.45, 7) is 2.26. The Balaban J connectivity index is 1.51. The number of hydrogen-bond acceptors (Lipinski definition) is 2. The normalized spacial score (nSPS) is 10.7. The molecule has 0 amide bonds. The van der Waals surface area contributed by atoms with Crippen LogP contribution in [0.5, 0.6) is 5.75 Å². The van der Waals surface area contributed by atoms with Gasteiger partial charge >= 0.3 is 0 Å². The van der Waals surface area contributed by atoms with E-state index in [0.717, 1.165) is 35.2 Å². The van der Waals surface area contributed by atoms with Crippen LogP contribution in [0.4, 0.5) is 0 Å². The molecule has 0 atom stereocenters. The monoisotopic (exact) mass is 328 g/mol. The maximum absolute atomic E-state index is 5.88. The van der Waals surface area contributed by atoms with Gasteiger partial charge < -0.3 is 14.5 Å². The first-order valence-electron chi connectivity index (χ1n) is 7.60. The summed E-state index contributed by atoms with van der Waals surface area (Å²) in [6.07, 6.45) is 1.70. The lowest BCUT2D eigenvalue weighted by Crippen LogP contribution is -2.80. The van der Waals surface area contributed by atoms with E-state index in [1.165, 1.54) is 5.56 Å². The summed E-state index contributed by atoms with van der Waals surface area (Å²) < 4.78 is 11.2. The van der Waals surface area contributed by atoms with Crippen molar-refractivity contribution < 1.29 is 14.5 Å². The molecule has 1 aromatic heterocycles. The molecule has 0 fully saturated rings. The Morgan fingerprint density at radius 3 is 2.57 bits per heavy atom. The summed E-state index contributed by atoms with van der Waals surface area (Å²) >= 11 is 5.88. The second-order valence-electron chi connectivity index (χ2n) is 5.34. The average molecular weight is 329 g/mol. The summed E-state index contributed by atoms with van der Waals surface area (Å²) in [5.41, 5.74) is 2.33. The fourth-order valence-corrected chi connectivity index (χ4v) is 2.45. The van der Waals surface area contributed by atoms with Gasteiger partial charge in [0.25, 0.3) is 0 Å². The fourth-order valence-electron chi connectivity index (χ4n) is 2.32. The van der Waals surface area contributed by atoms with Crippen molar-refractivity contribution in [1.29, 1.82) is 0 Å². The van der Waals surface area contributed by atoms with E-state index < -0.39 is 0 Å². The minimum Gasteiger partial charge on any atom is -0.489 e. The molecule has 3 nitrogen and oxygen atoms in total. The Morgan fingerprint density at radius 2 is 1.78 bits per heavy atom. The average Bonchev–Trinajstić information content (AvgIpc) is 3.08. The molecule has 0 aliphatic carbocycles. The summed E-state index contributed by atoms with van der Waals surface area (Å²) in [5, 5.41) is 2.94. The Labute approximate surface area is 140 Å². The number of quaternary nitrogens is 1. The van der Waals surface area contributed by atoms with Crippen molar-refractivity contribution in [3.05, 3.63) is 88.8 Å². The van der Waals surface area contributed by atoms with Gasteiger partial charge in [-0.15, -0.1) is 0 Å². The highest BCUT2D eigenvalue weighted by molar-refractivity contribution is 6.30. The minimum atomic E-state index is 0.538. The van der Waals surface area contributed by atoms with E-state index in [4.69, 9.17) is 20.8 Å². The number of nitrogens with two attached hydrogens (primary N) is 1. The molecule has 0 aliphatic heterocycles. The van der Waals surface area contributed by atoms with Gasteiger partial charge in [0, 0.05) is 10.6 Å². The molecule has 3 aromatic rings. The maximum atomic E-state index is 5.88. The van der Waals surface area contributed by atoms with Gasteiger partial charge in [-0.2, -0.15) is 0 Å². The lowest BCUT2D eigenvalue weighted by atomic mass is 10.2. The third-order valence-electron chi connectivity index (χ3n) is 3.52. The van der Waals surface area contributed by atoms with Gasteiger partial charge in [-0.05, 0) is 42.0 Å². The topological polar surface area (TPSA) is 39.0 Å². The van der Waals surface area contributed by atoms with Crippen LogP contribution < -0.4 is 10.1 Å². The summed E-state index contributed by atoms with van der Waals surface area (Å²) in [7, 11) is 0. The molecule has 118 valence electrons. The summed E-state index contributed by atoms with van der Waals surface area (Å²) in [5.74, 6) is 1.86. The smallest absolute Gasteiger partial charge is 0.157 e. The van der Waals surface area contributed by atoms with Gasteiger partial charge in [0.2, 0.25) is 0 Å². The van der Waals surface area contributed by atoms with Gasteiger partial charge in [-0.1, -0.05) is 35.9 Å². The Morgan fingerprint density at radius 1 is 0.913 bits per heavy atom. The lowest BCUT2D eigenvalue weighted by Gasteiger charge is -2.08. The van der Waals surface area contributed by atoms with Crippen LogP contribution in [0.1, 0.15) is 16.9 Å². The first-order valence-corrected chi connectivity index (χ1v) is 7.97. The van der Waals surface area contributed by atoms with Crippen molar-refractivity contribution in [2.75, 3.05) is 0 Å². The molecule has 4 heteroatoms. The van der Waals surface area contributed by atoms with Crippen LogP contribution in [0, 0.1) is 0 Å². The molecule has 0 bridgehead atoms. The minimum absolute atomic E-state index is 0.538. The molecule has 0 spiro atoms. The molecular formula is C19H19ClNO2+. The number of ether oxygens (including phenoxy) is 1. The van der Waals surface area contributed by atoms with Crippen molar-refractivity contribution in [3.63, 3.8) is 0 Å². The van der Waals surface area contributed by atoms with Crippen LogP contribution in [-0.4, -0.2) is 0 Å². The van der Waals surface area contributed by atoms with Gasteiger partial charge in [-0.25, -0.2) is 0 Å². The van der Waals surface area contributed by atoms with Crippen molar-refractivity contribution in [1.82, 2.24) is 0 Å². The summed E-state index contributed by atoms with van der Waals surface area (Å²) in [6, 6.07) is 19.8. The second kappa shape index (κ2) is 7.86. The SMILES string of the molecule is Clc1ccc(COc2cccc(C[NH2+]Cc3ccco3)c2)cc1. The van der Waals surface area contributed by atoms with E-state index in [1.54, 1.807) is 6.26 Å². The molecule has 0 unspecified atom stereocenters. The molecule has 0 saturated carbocycles. The second-order valence-corrected chi connectivity index (χ2v) is 5.78. The van der Waals surface area contributed by atoms with Crippen molar-refractivity contribution in [2.24, 2.45) is 0 Å². The first-order chi connectivity index (χ1) is 11.3. The van der Waals surface area contributed by atoms with E-state index in [1.807, 2.05) is 48.5 Å². The molecule has 0 saturated heterocycles. The largest absolute Gasteiger partial charge is 0.489 e. The molecule has 2 N–H and O–H groups in total. The van der Waals surface area contributed by atoms with E-state index >= 15 is 0 Å². The number of halogens is 1. The van der Waals surface area contributed by atoms with E-state index in [-0.39, 0.29) is 0 Å². The van der Waals surface area contributed by atoms with Crippen LogP contribution >= 0.6 is 11.6 Å². The van der Waals surface area contributed by atoms with Crippen LogP contribution in [0.3, 0.4) is 0 Å². The molecular weight excluding hydrogens is 310 g/mol. The Kier molecular flexibility index (Phi) is 5.35. The Hall–Kier alpha value is -2.23. The summed E-state index contributed by atoms with van der Waals surface area (Å²) in [4.78, 5) is 0. The predicted octanol–water partition coefficient (Wildman–Crippen LogP) is 3.78. The third-order valence-corrected chi connectivity index (χ3v) is 3.77. The van der Waals surface area contributed by atoms with Gasteiger partial charge in [0.15, 0.2) is 5.76 Å². The van der Waals surface area contributed by atoms with Crippen molar-refractivity contribution in [2.45, 2.75) is 19.7 Å². The van der Waals surface area contributed by atoms with Crippen LogP contribution in [-0.2, 0) is 19.7 Å². The van der Waals surface area contributed by atoms with Crippen LogP contribution in [0.2, 0.25) is 5.02 Å². The highest BCUT2D eigenvalue weighted by atomic mass is 35.5. The quantitative estimate of drug-likeness (QED) is 0.717. The standard InChI is InChI=1S/C19H18ClNO2/c20-17-8-6-15(7-9-17)14-23-18-4-1-3-16(11-18)12-21-13-19-5-2-10-22-19/h1-11,21H,12-14H2/p+1. The van der Waals surface area contributed by atoms with Gasteiger partial charge in [0.1, 0.15) is 25.4 Å². The molecule has 0 radical (unpaired) electrons. The zero-order chi connectivity index (χ0) is 15.9. The van der Waals surface area contributed by atoms with Crippen molar-refractivity contribution >= 4 is 11.6 Å². The highest BCUT2D eigenvalue weighted by Gasteiger charge is 2.02. The molecule has 1 heterocycles. The molecule has 3 rings (SSSR count). The van der Waals surface area contributed by atoms with E-state index in [2.05, 4.69) is 17.4 Å². The van der Waals surface area contributed by atoms with E-state index in [9.17, 15) is 0 Å². The van der Waals surface area contributed by atoms with E-state index in [0.29, 0.717) is 6.61 Å². The number of hydrogen-bond donors (Lipinski definition) is 1. The predicted molar refractivity (Wildman–Crippen MR) is 90.3 cm³/mol. The van der Waals surface area contributed by atoms with Gasteiger partial charge in [-0.3, -0.25) is 0 Å². The lowest BCUT2D eigenvalue weighted by molar-refractivity contribution is -0.688. The molecule has 0 aliphatic rings. The zero-order valence-electron chi connectivity index (χ0n) is 12.7. The Bertz CT molecular complexity index is 723. The third kappa shape index (κ3) is 4.88.